The number of fused-ring (bicyclic) bond motifs is 1. The van der Waals surface area contributed by atoms with E-state index in [4.69, 9.17) is 4.98 Å². The first-order chi connectivity index (χ1) is 9.15. The smallest absolute Gasteiger partial charge is 0.111 e. The fourth-order valence-electron chi connectivity index (χ4n) is 3.54. The van der Waals surface area contributed by atoms with Crippen LogP contribution in [0, 0.1) is 5.41 Å². The molecule has 0 spiro atoms. The SMILES string of the molecule is CCCC1(Cn2c(C(C)C)nc3c2CCNC3)CC1. The van der Waals surface area contributed by atoms with E-state index in [-0.39, 0.29) is 0 Å². The standard InChI is InChI=1S/C16H27N3/c1-4-6-16(7-8-16)11-19-14-5-9-17-10-13(14)18-15(19)12(2)3/h12,17H,4-11H2,1-3H3. The van der Waals surface area contributed by atoms with Gasteiger partial charge in [0.1, 0.15) is 5.82 Å². The molecule has 3 nitrogen and oxygen atoms in total. The number of nitrogens with one attached hydrogen (secondary N) is 1. The van der Waals surface area contributed by atoms with Crippen LogP contribution >= 0.6 is 0 Å². The summed E-state index contributed by atoms with van der Waals surface area (Å²) < 4.78 is 2.59. The van der Waals surface area contributed by atoms with Crippen LogP contribution in [0.5, 0.6) is 0 Å². The summed E-state index contributed by atoms with van der Waals surface area (Å²) in [6.45, 7) is 10.2. The van der Waals surface area contributed by atoms with Gasteiger partial charge in [-0.1, -0.05) is 27.2 Å². The molecule has 3 rings (SSSR count). The van der Waals surface area contributed by atoms with Gasteiger partial charge in [0.2, 0.25) is 0 Å². The average Bonchev–Trinajstić information content (AvgIpc) is 3.04. The van der Waals surface area contributed by atoms with E-state index >= 15 is 0 Å². The molecule has 1 aromatic rings. The number of rotatable bonds is 5. The van der Waals surface area contributed by atoms with Crippen LogP contribution in [0.1, 0.15) is 69.6 Å². The van der Waals surface area contributed by atoms with Gasteiger partial charge in [-0.05, 0) is 24.7 Å². The Balaban J connectivity index is 1.92. The Morgan fingerprint density at radius 3 is 2.79 bits per heavy atom. The molecular weight excluding hydrogens is 234 g/mol. The Morgan fingerprint density at radius 2 is 2.16 bits per heavy atom. The third kappa shape index (κ3) is 2.45. The van der Waals surface area contributed by atoms with Crippen molar-refractivity contribution in [3.63, 3.8) is 0 Å². The molecule has 0 aromatic carbocycles. The van der Waals surface area contributed by atoms with Gasteiger partial charge in [0, 0.05) is 37.7 Å². The van der Waals surface area contributed by atoms with Crippen LogP contribution in [-0.4, -0.2) is 16.1 Å². The van der Waals surface area contributed by atoms with Gasteiger partial charge >= 0.3 is 0 Å². The Morgan fingerprint density at radius 1 is 1.37 bits per heavy atom. The lowest BCUT2D eigenvalue weighted by atomic mass is 10.00. The van der Waals surface area contributed by atoms with Gasteiger partial charge in [0.05, 0.1) is 5.69 Å². The molecule has 0 bridgehead atoms. The second-order valence-electron chi connectivity index (χ2n) is 6.78. The Bertz CT molecular complexity index is 455. The van der Waals surface area contributed by atoms with Crippen LogP contribution in [0.4, 0.5) is 0 Å². The zero-order valence-corrected chi connectivity index (χ0v) is 12.6. The summed E-state index contributed by atoms with van der Waals surface area (Å²) in [4.78, 5) is 4.92. The summed E-state index contributed by atoms with van der Waals surface area (Å²) in [5.41, 5.74) is 3.43. The van der Waals surface area contributed by atoms with Crippen molar-refractivity contribution in [1.29, 1.82) is 0 Å². The number of hydrogen-bond acceptors (Lipinski definition) is 2. The molecule has 1 N–H and O–H groups in total. The molecule has 2 heterocycles. The van der Waals surface area contributed by atoms with Crippen molar-refractivity contribution in [2.75, 3.05) is 6.54 Å². The number of imidazole rings is 1. The Labute approximate surface area is 116 Å². The molecule has 0 amide bonds. The zero-order valence-electron chi connectivity index (χ0n) is 12.6. The summed E-state index contributed by atoms with van der Waals surface area (Å²) in [5, 5.41) is 3.45. The molecule has 1 aromatic heterocycles. The minimum absolute atomic E-state index is 0.531. The summed E-state index contributed by atoms with van der Waals surface area (Å²) in [6, 6.07) is 0. The molecule has 106 valence electrons. The first kappa shape index (κ1) is 13.2. The lowest BCUT2D eigenvalue weighted by Gasteiger charge is -2.22. The highest BCUT2D eigenvalue weighted by molar-refractivity contribution is 5.22. The number of aromatic nitrogens is 2. The normalized spacial score (nSPS) is 20.6. The number of nitrogens with zero attached hydrogens (tertiary/aromatic N) is 2. The van der Waals surface area contributed by atoms with Gasteiger partial charge in [0.15, 0.2) is 0 Å². The van der Waals surface area contributed by atoms with Crippen molar-refractivity contribution in [3.8, 4) is 0 Å². The zero-order chi connectivity index (χ0) is 13.5. The first-order valence-corrected chi connectivity index (χ1v) is 7.94. The fraction of sp³-hybridized carbons (Fsp3) is 0.812. The van der Waals surface area contributed by atoms with Crippen LogP contribution in [0.3, 0.4) is 0 Å². The van der Waals surface area contributed by atoms with Crippen LogP contribution < -0.4 is 5.32 Å². The van der Waals surface area contributed by atoms with Crippen molar-refractivity contribution >= 4 is 0 Å². The average molecular weight is 261 g/mol. The van der Waals surface area contributed by atoms with Crippen molar-refractivity contribution in [1.82, 2.24) is 14.9 Å². The molecule has 0 radical (unpaired) electrons. The maximum atomic E-state index is 4.92. The van der Waals surface area contributed by atoms with Gasteiger partial charge in [-0.3, -0.25) is 0 Å². The monoisotopic (exact) mass is 261 g/mol. The van der Waals surface area contributed by atoms with Gasteiger partial charge in [-0.2, -0.15) is 0 Å². The first-order valence-electron chi connectivity index (χ1n) is 7.94. The predicted molar refractivity (Wildman–Crippen MR) is 78.3 cm³/mol. The maximum absolute atomic E-state index is 4.92. The van der Waals surface area contributed by atoms with Gasteiger partial charge in [-0.15, -0.1) is 0 Å². The van der Waals surface area contributed by atoms with E-state index < -0.39 is 0 Å². The summed E-state index contributed by atoms with van der Waals surface area (Å²) in [5.74, 6) is 1.85. The van der Waals surface area contributed by atoms with Crippen molar-refractivity contribution in [2.24, 2.45) is 5.41 Å². The van der Waals surface area contributed by atoms with Crippen LogP contribution in [0.2, 0.25) is 0 Å². The summed E-state index contributed by atoms with van der Waals surface area (Å²) in [6.07, 6.45) is 6.69. The molecule has 2 aliphatic rings. The van der Waals surface area contributed by atoms with Gasteiger partial charge in [-0.25, -0.2) is 4.98 Å². The Kier molecular flexibility index (Phi) is 3.42. The lowest BCUT2D eigenvalue weighted by Crippen LogP contribution is -2.26. The van der Waals surface area contributed by atoms with Crippen molar-refractivity contribution < 1.29 is 0 Å². The molecule has 1 aliphatic heterocycles. The molecule has 1 fully saturated rings. The van der Waals surface area contributed by atoms with E-state index in [9.17, 15) is 0 Å². The van der Waals surface area contributed by atoms with Crippen LogP contribution in [0.25, 0.3) is 0 Å². The summed E-state index contributed by atoms with van der Waals surface area (Å²) >= 11 is 0. The minimum atomic E-state index is 0.531. The van der Waals surface area contributed by atoms with E-state index in [2.05, 4.69) is 30.7 Å². The maximum Gasteiger partial charge on any atom is 0.111 e. The highest BCUT2D eigenvalue weighted by Crippen LogP contribution is 2.51. The minimum Gasteiger partial charge on any atom is -0.331 e. The summed E-state index contributed by atoms with van der Waals surface area (Å²) in [7, 11) is 0. The van der Waals surface area contributed by atoms with Crippen molar-refractivity contribution in [2.45, 2.75) is 71.9 Å². The second-order valence-corrected chi connectivity index (χ2v) is 6.78. The molecule has 0 saturated heterocycles. The molecule has 0 unspecified atom stereocenters. The van der Waals surface area contributed by atoms with Gasteiger partial charge in [0.25, 0.3) is 0 Å². The quantitative estimate of drug-likeness (QED) is 0.882. The lowest BCUT2D eigenvalue weighted by molar-refractivity contribution is 0.370. The van der Waals surface area contributed by atoms with Crippen molar-refractivity contribution in [3.05, 3.63) is 17.2 Å². The van der Waals surface area contributed by atoms with E-state index in [1.807, 2.05) is 0 Å². The highest BCUT2D eigenvalue weighted by Gasteiger charge is 2.42. The third-order valence-electron chi connectivity index (χ3n) is 4.76. The van der Waals surface area contributed by atoms with E-state index in [1.54, 1.807) is 0 Å². The number of hydrogen-bond donors (Lipinski definition) is 1. The highest BCUT2D eigenvalue weighted by atomic mass is 15.1. The second kappa shape index (κ2) is 4.93. The molecule has 19 heavy (non-hydrogen) atoms. The van der Waals surface area contributed by atoms with E-state index in [1.165, 1.54) is 49.4 Å². The third-order valence-corrected chi connectivity index (χ3v) is 4.76. The van der Waals surface area contributed by atoms with Gasteiger partial charge < -0.3 is 9.88 Å². The largest absolute Gasteiger partial charge is 0.331 e. The van der Waals surface area contributed by atoms with E-state index in [0.717, 1.165) is 19.5 Å². The molecule has 1 saturated carbocycles. The van der Waals surface area contributed by atoms with Crippen LogP contribution in [0.15, 0.2) is 0 Å². The topological polar surface area (TPSA) is 29.9 Å². The van der Waals surface area contributed by atoms with Crippen LogP contribution in [-0.2, 0) is 19.5 Å². The molecule has 0 atom stereocenters. The Hall–Kier alpha value is -0.830. The molecular formula is C16H27N3. The predicted octanol–water partition coefficient (Wildman–Crippen LogP) is 3.23. The molecule has 3 heteroatoms. The van der Waals surface area contributed by atoms with E-state index in [0.29, 0.717) is 11.3 Å². The fourth-order valence-corrected chi connectivity index (χ4v) is 3.54. The molecule has 1 aliphatic carbocycles.